The Labute approximate surface area is 129 Å². The molecule has 4 nitrogen and oxygen atoms in total. The molecule has 122 valence electrons. The topological polar surface area (TPSA) is 32.8 Å². The first-order valence-electron chi connectivity index (χ1n) is 8.68. The molecular formula is C17H32N2O2. The molecule has 0 bridgehead atoms. The van der Waals surface area contributed by atoms with E-state index in [1.54, 1.807) is 0 Å². The summed E-state index contributed by atoms with van der Waals surface area (Å²) in [5, 5.41) is 0. The Balaban J connectivity index is 1.97. The highest BCUT2D eigenvalue weighted by Crippen LogP contribution is 2.34. The van der Waals surface area contributed by atoms with Gasteiger partial charge < -0.3 is 9.64 Å². The Bertz CT molecular complexity index is 297. The largest absolute Gasteiger partial charge is 0.466 e. The molecule has 2 rings (SSSR count). The molecule has 1 saturated heterocycles. The first kappa shape index (κ1) is 16.8. The fourth-order valence-electron chi connectivity index (χ4n) is 3.81. The Hall–Kier alpha value is -0.610. The van der Waals surface area contributed by atoms with Crippen molar-refractivity contribution in [1.82, 2.24) is 9.80 Å². The number of carbonyl (C=O) groups excluding carboxylic acids is 1. The molecule has 2 aliphatic rings. The summed E-state index contributed by atoms with van der Waals surface area (Å²) in [5.41, 5.74) is 0. The molecule has 0 aromatic rings. The van der Waals surface area contributed by atoms with Crippen LogP contribution in [0.4, 0.5) is 0 Å². The normalized spacial score (nSPS) is 30.0. The fraction of sp³-hybridized carbons (Fsp3) is 0.941. The summed E-state index contributed by atoms with van der Waals surface area (Å²) < 4.78 is 5.22. The van der Waals surface area contributed by atoms with Crippen LogP contribution in [0.2, 0.25) is 0 Å². The minimum Gasteiger partial charge on any atom is -0.466 e. The van der Waals surface area contributed by atoms with Gasteiger partial charge in [0.15, 0.2) is 0 Å². The SMILES string of the molecule is CCOC(=O)CC(C1CCC(C)CC1)N1CCN(C)CC1. The number of ether oxygens (including phenoxy) is 1. The highest BCUT2D eigenvalue weighted by molar-refractivity contribution is 5.70. The standard InChI is InChI=1S/C17H32N2O2/c1-4-21-17(20)13-16(15-7-5-14(2)6-8-15)19-11-9-18(3)10-12-19/h14-16H,4-13H2,1-3H3. The Morgan fingerprint density at radius 2 is 1.76 bits per heavy atom. The predicted octanol–water partition coefficient (Wildman–Crippen LogP) is 2.38. The summed E-state index contributed by atoms with van der Waals surface area (Å²) >= 11 is 0. The van der Waals surface area contributed by atoms with Gasteiger partial charge in [-0.2, -0.15) is 0 Å². The molecule has 0 N–H and O–H groups in total. The number of hydrogen-bond donors (Lipinski definition) is 0. The molecule has 0 aromatic carbocycles. The van der Waals surface area contributed by atoms with E-state index in [0.717, 1.165) is 32.1 Å². The Morgan fingerprint density at radius 1 is 1.14 bits per heavy atom. The first-order valence-corrected chi connectivity index (χ1v) is 8.68. The van der Waals surface area contributed by atoms with Gasteiger partial charge in [-0.3, -0.25) is 9.69 Å². The van der Waals surface area contributed by atoms with Gasteiger partial charge in [0.2, 0.25) is 0 Å². The van der Waals surface area contributed by atoms with E-state index in [4.69, 9.17) is 4.74 Å². The lowest BCUT2D eigenvalue weighted by Crippen LogP contribution is -2.52. The van der Waals surface area contributed by atoms with E-state index in [1.165, 1.54) is 25.7 Å². The van der Waals surface area contributed by atoms with Gasteiger partial charge in [-0.25, -0.2) is 0 Å². The monoisotopic (exact) mass is 296 g/mol. The van der Waals surface area contributed by atoms with Crippen LogP contribution in [-0.4, -0.2) is 61.6 Å². The number of hydrogen-bond acceptors (Lipinski definition) is 4. The van der Waals surface area contributed by atoms with Gasteiger partial charge in [-0.1, -0.05) is 19.8 Å². The van der Waals surface area contributed by atoms with Crippen molar-refractivity contribution in [3.8, 4) is 0 Å². The fourth-order valence-corrected chi connectivity index (χ4v) is 3.81. The molecule has 21 heavy (non-hydrogen) atoms. The summed E-state index contributed by atoms with van der Waals surface area (Å²) in [6.45, 7) is 9.15. The predicted molar refractivity (Wildman–Crippen MR) is 85.2 cm³/mol. The smallest absolute Gasteiger partial charge is 0.307 e. The average molecular weight is 296 g/mol. The van der Waals surface area contributed by atoms with Crippen molar-refractivity contribution in [3.63, 3.8) is 0 Å². The minimum atomic E-state index is -0.0138. The van der Waals surface area contributed by atoms with Crippen LogP contribution in [0.25, 0.3) is 0 Å². The zero-order valence-corrected chi connectivity index (χ0v) is 14.0. The molecule has 0 amide bonds. The van der Waals surface area contributed by atoms with E-state index in [0.29, 0.717) is 25.0 Å². The number of esters is 1. The second-order valence-corrected chi connectivity index (χ2v) is 6.94. The van der Waals surface area contributed by atoms with Crippen molar-refractivity contribution in [2.24, 2.45) is 11.8 Å². The zero-order chi connectivity index (χ0) is 15.2. The molecule has 4 heteroatoms. The van der Waals surface area contributed by atoms with Crippen molar-refractivity contribution < 1.29 is 9.53 Å². The van der Waals surface area contributed by atoms with Crippen LogP contribution in [0.3, 0.4) is 0 Å². The number of likely N-dealkylation sites (N-methyl/N-ethyl adjacent to an activating group) is 1. The summed E-state index contributed by atoms with van der Waals surface area (Å²) in [5.74, 6) is 1.52. The second kappa shape index (κ2) is 8.14. The van der Waals surface area contributed by atoms with E-state index in [-0.39, 0.29) is 5.97 Å². The molecular weight excluding hydrogens is 264 g/mol. The molecule has 1 aliphatic heterocycles. The highest BCUT2D eigenvalue weighted by Gasteiger charge is 2.33. The van der Waals surface area contributed by atoms with E-state index in [9.17, 15) is 4.79 Å². The lowest BCUT2D eigenvalue weighted by Gasteiger charge is -2.43. The van der Waals surface area contributed by atoms with E-state index < -0.39 is 0 Å². The third kappa shape index (κ3) is 4.96. The maximum Gasteiger partial charge on any atom is 0.307 e. The summed E-state index contributed by atoms with van der Waals surface area (Å²) in [6.07, 6.45) is 5.77. The first-order chi connectivity index (χ1) is 10.1. The highest BCUT2D eigenvalue weighted by atomic mass is 16.5. The van der Waals surface area contributed by atoms with Crippen LogP contribution >= 0.6 is 0 Å². The summed E-state index contributed by atoms with van der Waals surface area (Å²) in [6, 6.07) is 0.394. The molecule has 2 fully saturated rings. The van der Waals surface area contributed by atoms with Gasteiger partial charge in [-0.05, 0) is 38.6 Å². The summed E-state index contributed by atoms with van der Waals surface area (Å²) in [7, 11) is 2.18. The van der Waals surface area contributed by atoms with Crippen molar-refractivity contribution in [1.29, 1.82) is 0 Å². The maximum atomic E-state index is 12.0. The van der Waals surface area contributed by atoms with Crippen molar-refractivity contribution in [2.75, 3.05) is 39.8 Å². The van der Waals surface area contributed by atoms with Crippen molar-refractivity contribution in [2.45, 2.75) is 52.0 Å². The molecule has 0 aromatic heterocycles. The van der Waals surface area contributed by atoms with Crippen LogP contribution in [0.1, 0.15) is 46.0 Å². The number of carbonyl (C=O) groups is 1. The number of piperazine rings is 1. The van der Waals surface area contributed by atoms with Gasteiger partial charge in [0, 0.05) is 32.2 Å². The van der Waals surface area contributed by atoms with Crippen molar-refractivity contribution in [3.05, 3.63) is 0 Å². The zero-order valence-electron chi connectivity index (χ0n) is 14.0. The number of nitrogens with zero attached hydrogens (tertiary/aromatic N) is 2. The van der Waals surface area contributed by atoms with Gasteiger partial charge in [0.25, 0.3) is 0 Å². The average Bonchev–Trinajstić information content (AvgIpc) is 2.47. The molecule has 1 unspecified atom stereocenters. The van der Waals surface area contributed by atoms with Crippen LogP contribution in [0.5, 0.6) is 0 Å². The van der Waals surface area contributed by atoms with Gasteiger partial charge in [0.05, 0.1) is 13.0 Å². The van der Waals surface area contributed by atoms with E-state index in [2.05, 4.69) is 23.8 Å². The summed E-state index contributed by atoms with van der Waals surface area (Å²) in [4.78, 5) is 16.9. The van der Waals surface area contributed by atoms with Crippen LogP contribution in [0, 0.1) is 11.8 Å². The Kier molecular flexibility index (Phi) is 6.49. The minimum absolute atomic E-state index is 0.0138. The molecule has 1 heterocycles. The Morgan fingerprint density at radius 3 is 2.33 bits per heavy atom. The van der Waals surface area contributed by atoms with Gasteiger partial charge in [-0.15, -0.1) is 0 Å². The molecule has 1 atom stereocenters. The second-order valence-electron chi connectivity index (χ2n) is 6.94. The molecule has 0 spiro atoms. The van der Waals surface area contributed by atoms with Gasteiger partial charge in [0.1, 0.15) is 0 Å². The quantitative estimate of drug-likeness (QED) is 0.729. The van der Waals surface area contributed by atoms with Gasteiger partial charge >= 0.3 is 5.97 Å². The maximum absolute atomic E-state index is 12.0. The van der Waals surface area contributed by atoms with E-state index >= 15 is 0 Å². The molecule has 0 radical (unpaired) electrons. The third-order valence-electron chi connectivity index (χ3n) is 5.29. The lowest BCUT2D eigenvalue weighted by molar-refractivity contribution is -0.145. The van der Waals surface area contributed by atoms with Crippen molar-refractivity contribution >= 4 is 5.97 Å². The molecule has 1 aliphatic carbocycles. The molecule has 1 saturated carbocycles. The third-order valence-corrected chi connectivity index (χ3v) is 5.29. The van der Waals surface area contributed by atoms with Crippen LogP contribution < -0.4 is 0 Å². The van der Waals surface area contributed by atoms with Crippen LogP contribution in [-0.2, 0) is 9.53 Å². The van der Waals surface area contributed by atoms with E-state index in [1.807, 2.05) is 6.92 Å². The van der Waals surface area contributed by atoms with Crippen LogP contribution in [0.15, 0.2) is 0 Å². The number of rotatable bonds is 5. The lowest BCUT2D eigenvalue weighted by atomic mass is 9.77.